The minimum absolute atomic E-state index is 0.0277. The van der Waals surface area contributed by atoms with Crippen LogP contribution in [0, 0.1) is 18.3 Å². The molecule has 0 aliphatic heterocycles. The molecule has 1 heterocycles. The van der Waals surface area contributed by atoms with Crippen molar-refractivity contribution in [2.24, 2.45) is 0 Å². The van der Waals surface area contributed by atoms with Gasteiger partial charge in [0.15, 0.2) is 5.78 Å². The summed E-state index contributed by atoms with van der Waals surface area (Å²) in [5.74, 6) is -1.38. The summed E-state index contributed by atoms with van der Waals surface area (Å²) in [6.07, 6.45) is 1.46. The molecule has 0 saturated carbocycles. The molecule has 0 aliphatic rings. The molecular weight excluding hydrogens is 376 g/mol. The highest BCUT2D eigenvalue weighted by molar-refractivity contribution is 6.06. The van der Waals surface area contributed by atoms with Crippen LogP contribution in [0.5, 0.6) is 5.88 Å². The summed E-state index contributed by atoms with van der Waals surface area (Å²) in [6.45, 7) is 3.76. The average Bonchev–Trinajstić information content (AvgIpc) is 2.76. The molecule has 5 heteroatoms. The number of pyridine rings is 1. The van der Waals surface area contributed by atoms with E-state index in [1.54, 1.807) is 6.92 Å². The van der Waals surface area contributed by atoms with Crippen LogP contribution < -0.4 is 5.56 Å². The lowest BCUT2D eigenvalue weighted by Crippen LogP contribution is -2.28. The lowest BCUT2D eigenvalue weighted by Gasteiger charge is -2.21. The molecule has 0 atom stereocenters. The molecule has 2 aromatic carbocycles. The number of carbonyl (C=O) groups excluding carboxylic acids is 1. The highest BCUT2D eigenvalue weighted by atomic mass is 16.3. The summed E-state index contributed by atoms with van der Waals surface area (Å²) < 4.78 is 1.15. The van der Waals surface area contributed by atoms with E-state index in [0.717, 1.165) is 22.1 Å². The fraction of sp³-hybridized carbons (Fsp3) is 0.240. The topological polar surface area (TPSA) is 83.1 Å². The van der Waals surface area contributed by atoms with Crippen molar-refractivity contribution in [2.75, 3.05) is 0 Å². The summed E-state index contributed by atoms with van der Waals surface area (Å²) in [7, 11) is 0. The molecule has 152 valence electrons. The summed E-state index contributed by atoms with van der Waals surface area (Å²) in [5, 5.41) is 20.5. The molecule has 1 N–H and O–H groups in total. The smallest absolute Gasteiger partial charge is 0.271 e. The molecule has 5 nitrogen and oxygen atoms in total. The van der Waals surface area contributed by atoms with Crippen LogP contribution in [0.25, 0.3) is 0 Å². The maximum Gasteiger partial charge on any atom is 0.271 e. The number of hydrogen-bond acceptors (Lipinski definition) is 4. The fourth-order valence-electron chi connectivity index (χ4n) is 3.70. The van der Waals surface area contributed by atoms with E-state index in [0.29, 0.717) is 6.42 Å². The van der Waals surface area contributed by atoms with Gasteiger partial charge in [-0.1, -0.05) is 74.0 Å². The van der Waals surface area contributed by atoms with E-state index in [2.05, 4.69) is 0 Å². The predicted octanol–water partition coefficient (Wildman–Crippen LogP) is 4.55. The molecule has 0 bridgehead atoms. The second-order valence-corrected chi connectivity index (χ2v) is 7.24. The standard InChI is InChI=1S/C25H24N2O3/c1-3-4-15-27-24(29)20(16-26)17(2)21(25(27)30)23(28)22(18-11-7-5-8-12-18)19-13-9-6-10-14-19/h5-14,22,30H,3-4,15H2,1-2H3. The van der Waals surface area contributed by atoms with Crippen LogP contribution in [0.1, 0.15) is 58.3 Å². The molecule has 0 unspecified atom stereocenters. The van der Waals surface area contributed by atoms with Crippen molar-refractivity contribution in [1.82, 2.24) is 4.57 Å². The lowest BCUT2D eigenvalue weighted by molar-refractivity contribution is 0.0968. The van der Waals surface area contributed by atoms with Crippen molar-refractivity contribution in [3.63, 3.8) is 0 Å². The Morgan fingerprint density at radius 3 is 2.07 bits per heavy atom. The van der Waals surface area contributed by atoms with Gasteiger partial charge in [-0.05, 0) is 30.0 Å². The van der Waals surface area contributed by atoms with Gasteiger partial charge in [-0.15, -0.1) is 0 Å². The number of aromatic hydroxyl groups is 1. The number of nitriles is 1. The predicted molar refractivity (Wildman–Crippen MR) is 116 cm³/mol. The zero-order chi connectivity index (χ0) is 21.7. The van der Waals surface area contributed by atoms with E-state index in [-0.39, 0.29) is 34.9 Å². The first-order valence-corrected chi connectivity index (χ1v) is 10.0. The molecule has 0 amide bonds. The monoisotopic (exact) mass is 400 g/mol. The number of hydrogen-bond donors (Lipinski definition) is 1. The number of aromatic nitrogens is 1. The van der Waals surface area contributed by atoms with Gasteiger partial charge in [0.05, 0.1) is 11.5 Å². The van der Waals surface area contributed by atoms with Crippen molar-refractivity contribution in [3.05, 3.63) is 98.8 Å². The molecule has 1 aromatic heterocycles. The lowest BCUT2D eigenvalue weighted by atomic mass is 9.83. The third kappa shape index (κ3) is 3.90. The van der Waals surface area contributed by atoms with Crippen LogP contribution in [0.15, 0.2) is 65.5 Å². The molecule has 30 heavy (non-hydrogen) atoms. The Hall–Kier alpha value is -3.65. The quantitative estimate of drug-likeness (QED) is 0.590. The van der Waals surface area contributed by atoms with Crippen molar-refractivity contribution >= 4 is 5.78 Å². The summed E-state index contributed by atoms with van der Waals surface area (Å²) in [4.78, 5) is 26.5. The Morgan fingerprint density at radius 1 is 1.07 bits per heavy atom. The number of Topliss-reactive ketones (excluding diaryl/α,β-unsaturated/α-hetero) is 1. The van der Waals surface area contributed by atoms with E-state index in [1.165, 1.54) is 0 Å². The van der Waals surface area contributed by atoms with E-state index in [1.807, 2.05) is 73.7 Å². The van der Waals surface area contributed by atoms with E-state index in [4.69, 9.17) is 0 Å². The maximum absolute atomic E-state index is 13.8. The summed E-state index contributed by atoms with van der Waals surface area (Å²) in [5.41, 5.74) is 1.13. The third-order valence-electron chi connectivity index (χ3n) is 5.31. The molecule has 0 saturated heterocycles. The van der Waals surface area contributed by atoms with Gasteiger partial charge >= 0.3 is 0 Å². The molecule has 0 aliphatic carbocycles. The van der Waals surface area contributed by atoms with Crippen LogP contribution in [-0.4, -0.2) is 15.5 Å². The van der Waals surface area contributed by atoms with Crippen molar-refractivity contribution < 1.29 is 9.90 Å². The summed E-state index contributed by atoms with van der Waals surface area (Å²) >= 11 is 0. The Balaban J connectivity index is 2.25. The van der Waals surface area contributed by atoms with Gasteiger partial charge in [0.2, 0.25) is 5.88 Å². The van der Waals surface area contributed by atoms with Gasteiger partial charge in [0, 0.05) is 6.54 Å². The normalized spacial score (nSPS) is 10.7. The van der Waals surface area contributed by atoms with Crippen LogP contribution in [0.4, 0.5) is 0 Å². The summed E-state index contributed by atoms with van der Waals surface area (Å²) in [6, 6.07) is 20.5. The first-order chi connectivity index (χ1) is 14.5. The number of nitrogens with zero attached hydrogens (tertiary/aromatic N) is 2. The van der Waals surface area contributed by atoms with E-state index >= 15 is 0 Å². The van der Waals surface area contributed by atoms with Gasteiger partial charge in [0.1, 0.15) is 11.6 Å². The van der Waals surface area contributed by atoms with Gasteiger partial charge in [-0.2, -0.15) is 5.26 Å². The highest BCUT2D eigenvalue weighted by Crippen LogP contribution is 2.33. The van der Waals surface area contributed by atoms with E-state index in [9.17, 15) is 20.0 Å². The number of carbonyl (C=O) groups is 1. The molecular formula is C25H24N2O3. The molecule has 0 fully saturated rings. The maximum atomic E-state index is 13.8. The highest BCUT2D eigenvalue weighted by Gasteiger charge is 2.31. The molecule has 3 aromatic rings. The Morgan fingerprint density at radius 2 is 1.60 bits per heavy atom. The average molecular weight is 400 g/mol. The molecule has 0 spiro atoms. The minimum atomic E-state index is -0.666. The van der Waals surface area contributed by atoms with Gasteiger partial charge in [-0.3, -0.25) is 14.2 Å². The molecule has 0 radical (unpaired) electrons. The van der Waals surface area contributed by atoms with Crippen LogP contribution in [0.2, 0.25) is 0 Å². The Labute approximate surface area is 175 Å². The Kier molecular flexibility index (Phi) is 6.48. The van der Waals surface area contributed by atoms with Crippen LogP contribution >= 0.6 is 0 Å². The second-order valence-electron chi connectivity index (χ2n) is 7.24. The number of rotatable bonds is 7. The number of benzene rings is 2. The minimum Gasteiger partial charge on any atom is -0.494 e. The largest absolute Gasteiger partial charge is 0.494 e. The Bertz CT molecular complexity index is 1100. The van der Waals surface area contributed by atoms with Crippen molar-refractivity contribution in [2.45, 2.75) is 39.2 Å². The first-order valence-electron chi connectivity index (χ1n) is 10.0. The van der Waals surface area contributed by atoms with Gasteiger partial charge in [0.25, 0.3) is 5.56 Å². The first kappa shape index (κ1) is 21.1. The number of unbranched alkanes of at least 4 members (excludes halogenated alkanes) is 1. The zero-order valence-electron chi connectivity index (χ0n) is 17.1. The van der Waals surface area contributed by atoms with Crippen LogP contribution in [-0.2, 0) is 6.54 Å². The molecule has 3 rings (SSSR count). The van der Waals surface area contributed by atoms with Crippen molar-refractivity contribution in [3.8, 4) is 11.9 Å². The van der Waals surface area contributed by atoms with Gasteiger partial charge < -0.3 is 5.11 Å². The second kappa shape index (κ2) is 9.23. The third-order valence-corrected chi connectivity index (χ3v) is 5.31. The number of ketones is 1. The van der Waals surface area contributed by atoms with Crippen molar-refractivity contribution in [1.29, 1.82) is 5.26 Å². The SMILES string of the molecule is CCCCn1c(O)c(C(=O)C(c2ccccc2)c2ccccc2)c(C)c(C#N)c1=O. The van der Waals surface area contributed by atoms with E-state index < -0.39 is 11.5 Å². The fourth-order valence-corrected chi connectivity index (χ4v) is 3.70. The van der Waals surface area contributed by atoms with Gasteiger partial charge in [-0.25, -0.2) is 0 Å². The zero-order valence-corrected chi connectivity index (χ0v) is 17.1. The van der Waals surface area contributed by atoms with Crippen LogP contribution in [0.3, 0.4) is 0 Å².